The van der Waals surface area contributed by atoms with Gasteiger partial charge in [0.1, 0.15) is 4.83 Å². The van der Waals surface area contributed by atoms with Gasteiger partial charge in [0.25, 0.3) is 5.56 Å². The third kappa shape index (κ3) is 3.35. The normalized spacial score (nSPS) is 11.4. The number of nitrogens with one attached hydrogen (secondary N) is 1. The molecule has 1 N–H and O–H groups in total. The molecule has 5 nitrogen and oxygen atoms in total. The Morgan fingerprint density at radius 3 is 2.68 bits per heavy atom. The summed E-state index contributed by atoms with van der Waals surface area (Å²) in [5, 5.41) is 4.22. The molecule has 0 fully saturated rings. The molecular weight excluding hydrogens is 318 g/mol. The molecule has 2 aromatic heterocycles. The lowest BCUT2D eigenvalue weighted by Gasteiger charge is -2.15. The number of fused-ring (bicyclic) bond motifs is 1. The first kappa shape index (κ1) is 17.0. The van der Waals surface area contributed by atoms with Crippen molar-refractivity contribution in [3.05, 3.63) is 20.8 Å². The minimum Gasteiger partial charge on any atom is -0.356 e. The molecule has 22 heavy (non-hydrogen) atoms. The van der Waals surface area contributed by atoms with Gasteiger partial charge in [-0.25, -0.2) is 4.98 Å². The Morgan fingerprint density at radius 2 is 2.09 bits per heavy atom. The van der Waals surface area contributed by atoms with Crippen LogP contribution in [0.4, 0.5) is 0 Å². The van der Waals surface area contributed by atoms with Gasteiger partial charge in [0.15, 0.2) is 5.16 Å². The molecule has 0 aliphatic carbocycles. The summed E-state index contributed by atoms with van der Waals surface area (Å²) in [6.45, 7) is 10.0. The van der Waals surface area contributed by atoms with Crippen LogP contribution in [0.1, 0.15) is 37.3 Å². The van der Waals surface area contributed by atoms with Gasteiger partial charge < -0.3 is 5.32 Å². The highest BCUT2D eigenvalue weighted by atomic mass is 32.2. The monoisotopic (exact) mass is 339 g/mol. The molecule has 0 atom stereocenters. The van der Waals surface area contributed by atoms with Crippen LogP contribution in [-0.2, 0) is 4.79 Å². The lowest BCUT2D eigenvalue weighted by atomic mass is 10.2. The number of carbonyl (C=O) groups is 1. The minimum absolute atomic E-state index is 0.0314. The number of thioether (sulfide) groups is 1. The number of hydrogen-bond acceptors (Lipinski definition) is 5. The summed E-state index contributed by atoms with van der Waals surface area (Å²) >= 11 is 3.07. The van der Waals surface area contributed by atoms with E-state index in [4.69, 9.17) is 0 Å². The second kappa shape index (κ2) is 6.83. The number of aryl methyl sites for hydroxylation is 2. The molecule has 2 aromatic rings. The van der Waals surface area contributed by atoms with E-state index in [1.165, 1.54) is 18.7 Å². The van der Waals surface area contributed by atoms with E-state index >= 15 is 0 Å². The van der Waals surface area contributed by atoms with Crippen LogP contribution in [0.25, 0.3) is 10.2 Å². The fraction of sp³-hybridized carbons (Fsp3) is 0.533. The molecule has 0 unspecified atom stereocenters. The Morgan fingerprint density at radius 1 is 1.41 bits per heavy atom. The second-order valence-corrected chi connectivity index (χ2v) is 7.72. The lowest BCUT2D eigenvalue weighted by molar-refractivity contribution is -0.118. The maximum absolute atomic E-state index is 12.8. The molecule has 0 saturated heterocycles. The quantitative estimate of drug-likeness (QED) is 0.517. The zero-order chi connectivity index (χ0) is 16.4. The Kier molecular flexibility index (Phi) is 5.28. The maximum atomic E-state index is 12.8. The molecule has 0 bridgehead atoms. The zero-order valence-corrected chi connectivity index (χ0v) is 15.2. The Bertz CT molecular complexity index is 762. The first-order chi connectivity index (χ1) is 10.3. The van der Waals surface area contributed by atoms with Crippen LogP contribution in [0.3, 0.4) is 0 Å². The molecular formula is C15H21N3O2S2. The first-order valence-corrected chi connectivity index (χ1v) is 9.02. The van der Waals surface area contributed by atoms with Crippen LogP contribution >= 0.6 is 23.1 Å². The predicted octanol–water partition coefficient (Wildman–Crippen LogP) is 2.88. The van der Waals surface area contributed by atoms with Crippen molar-refractivity contribution in [1.82, 2.24) is 14.9 Å². The summed E-state index contributed by atoms with van der Waals surface area (Å²) in [5.41, 5.74) is 1.06. The standard InChI is InChI=1S/C15H21N3O2S2/c1-8(2)18-14(20)12-9(3)10(4)22-13(12)17-15(18)21-7-6-16-11(5)19/h8H,6-7H2,1-5H3,(H,16,19). The van der Waals surface area contributed by atoms with Crippen LogP contribution < -0.4 is 10.9 Å². The average molecular weight is 339 g/mol. The Hall–Kier alpha value is -1.34. The summed E-state index contributed by atoms with van der Waals surface area (Å²) in [6.07, 6.45) is 0. The Balaban J connectivity index is 2.42. The van der Waals surface area contributed by atoms with Gasteiger partial charge in [-0.05, 0) is 33.3 Å². The summed E-state index contributed by atoms with van der Waals surface area (Å²) in [6, 6.07) is 0.0484. The fourth-order valence-corrected chi connectivity index (χ4v) is 4.27. The van der Waals surface area contributed by atoms with Crippen LogP contribution in [0.15, 0.2) is 9.95 Å². The third-order valence-electron chi connectivity index (χ3n) is 3.43. The van der Waals surface area contributed by atoms with Crippen molar-refractivity contribution in [2.45, 2.75) is 45.8 Å². The SMILES string of the molecule is CC(=O)NCCSc1nc2sc(C)c(C)c2c(=O)n1C(C)C. The first-order valence-electron chi connectivity index (χ1n) is 7.22. The van der Waals surface area contributed by atoms with Gasteiger partial charge in [-0.1, -0.05) is 11.8 Å². The van der Waals surface area contributed by atoms with Gasteiger partial charge in [0.2, 0.25) is 5.91 Å². The molecule has 1 amide bonds. The smallest absolute Gasteiger partial charge is 0.263 e. The largest absolute Gasteiger partial charge is 0.356 e. The van der Waals surface area contributed by atoms with Crippen LogP contribution in [0.2, 0.25) is 0 Å². The van der Waals surface area contributed by atoms with Crippen molar-refractivity contribution < 1.29 is 4.79 Å². The number of carbonyl (C=O) groups excluding carboxylic acids is 1. The maximum Gasteiger partial charge on any atom is 0.263 e. The number of nitrogens with zero attached hydrogens (tertiary/aromatic N) is 2. The van der Waals surface area contributed by atoms with E-state index in [0.29, 0.717) is 12.3 Å². The van der Waals surface area contributed by atoms with E-state index in [1.807, 2.05) is 27.7 Å². The van der Waals surface area contributed by atoms with Crippen LogP contribution in [-0.4, -0.2) is 27.8 Å². The van der Waals surface area contributed by atoms with Crippen molar-refractivity contribution in [2.24, 2.45) is 0 Å². The Labute approximate surface area is 138 Å². The summed E-state index contributed by atoms with van der Waals surface area (Å²) in [7, 11) is 0. The van der Waals surface area contributed by atoms with Gasteiger partial charge in [-0.3, -0.25) is 14.2 Å². The molecule has 0 aliphatic heterocycles. The fourth-order valence-electron chi connectivity index (χ4n) is 2.21. The van der Waals surface area contributed by atoms with Gasteiger partial charge in [0.05, 0.1) is 5.39 Å². The molecule has 0 saturated carbocycles. The number of hydrogen-bond donors (Lipinski definition) is 1. The summed E-state index contributed by atoms with van der Waals surface area (Å²) in [5.74, 6) is 0.642. The molecule has 0 spiro atoms. The number of aromatic nitrogens is 2. The van der Waals surface area contributed by atoms with Crippen molar-refractivity contribution in [3.8, 4) is 0 Å². The van der Waals surface area contributed by atoms with Gasteiger partial charge in [0, 0.05) is 30.1 Å². The van der Waals surface area contributed by atoms with Crippen molar-refractivity contribution in [1.29, 1.82) is 0 Å². The molecule has 7 heteroatoms. The van der Waals surface area contributed by atoms with Gasteiger partial charge in [-0.15, -0.1) is 11.3 Å². The third-order valence-corrected chi connectivity index (χ3v) is 5.48. The highest BCUT2D eigenvalue weighted by Crippen LogP contribution is 2.29. The van der Waals surface area contributed by atoms with Gasteiger partial charge in [-0.2, -0.15) is 0 Å². The van der Waals surface area contributed by atoms with E-state index in [2.05, 4.69) is 10.3 Å². The zero-order valence-electron chi connectivity index (χ0n) is 13.5. The average Bonchev–Trinajstić information content (AvgIpc) is 2.69. The summed E-state index contributed by atoms with van der Waals surface area (Å²) < 4.78 is 1.75. The number of thiophene rings is 1. The van der Waals surface area contributed by atoms with Crippen LogP contribution in [0, 0.1) is 13.8 Å². The van der Waals surface area contributed by atoms with E-state index in [9.17, 15) is 9.59 Å². The van der Waals surface area contributed by atoms with E-state index in [0.717, 1.165) is 25.8 Å². The van der Waals surface area contributed by atoms with Crippen molar-refractivity contribution in [2.75, 3.05) is 12.3 Å². The second-order valence-electron chi connectivity index (χ2n) is 5.46. The number of rotatable bonds is 5. The van der Waals surface area contributed by atoms with Crippen molar-refractivity contribution >= 4 is 39.2 Å². The molecule has 2 rings (SSSR count). The van der Waals surface area contributed by atoms with Crippen LogP contribution in [0.5, 0.6) is 0 Å². The summed E-state index contributed by atoms with van der Waals surface area (Å²) in [4.78, 5) is 30.3. The van der Waals surface area contributed by atoms with Gasteiger partial charge >= 0.3 is 0 Å². The van der Waals surface area contributed by atoms with Crippen molar-refractivity contribution in [3.63, 3.8) is 0 Å². The highest BCUT2D eigenvalue weighted by molar-refractivity contribution is 7.99. The predicted molar refractivity (Wildman–Crippen MR) is 93.1 cm³/mol. The molecule has 0 radical (unpaired) electrons. The topological polar surface area (TPSA) is 64.0 Å². The van der Waals surface area contributed by atoms with E-state index in [1.54, 1.807) is 15.9 Å². The molecule has 120 valence electrons. The number of amides is 1. The lowest BCUT2D eigenvalue weighted by Crippen LogP contribution is -2.26. The molecule has 0 aromatic carbocycles. The molecule has 2 heterocycles. The molecule has 0 aliphatic rings. The van der Waals surface area contributed by atoms with E-state index < -0.39 is 0 Å². The highest BCUT2D eigenvalue weighted by Gasteiger charge is 2.18. The minimum atomic E-state index is -0.0465. The van der Waals surface area contributed by atoms with E-state index in [-0.39, 0.29) is 17.5 Å².